The van der Waals surface area contributed by atoms with Crippen LogP contribution in [0, 0.1) is 24.7 Å². The molecule has 0 saturated heterocycles. The van der Waals surface area contributed by atoms with E-state index in [0.717, 1.165) is 61.3 Å². The average molecular weight is 480 g/mol. The lowest BCUT2D eigenvalue weighted by Crippen LogP contribution is -2.32. The van der Waals surface area contributed by atoms with Crippen LogP contribution >= 0.6 is 0 Å². The third-order valence-electron chi connectivity index (χ3n) is 7.10. The summed E-state index contributed by atoms with van der Waals surface area (Å²) in [7, 11) is 3.25. The number of aryl methyl sites for hydroxylation is 1. The summed E-state index contributed by atoms with van der Waals surface area (Å²) >= 11 is 0. The van der Waals surface area contributed by atoms with Gasteiger partial charge in [0.2, 0.25) is 5.91 Å². The number of hydrogen-bond acceptors (Lipinski definition) is 4. The minimum absolute atomic E-state index is 0.0165. The zero-order valence-corrected chi connectivity index (χ0v) is 21.8. The van der Waals surface area contributed by atoms with Crippen molar-refractivity contribution in [2.75, 3.05) is 26.1 Å². The standard InChI is InChI=1S/C28H35NO3.C2H6O/c1-3-32-27-10-6-9-24(19(27)2)25-16-15-23(17-21(25)14-13-20-11-12-20)29-28(31)26-8-5-4-7-22(26)18-30;1-3-2/h6,9-10,15-18,20,22,26H,3-5,7-8,11-14H2,1-2H3,(H,29,31);1-2H3/t22?,26-;/m0./s1. The molecule has 0 bridgehead atoms. The van der Waals surface area contributed by atoms with Crippen LogP contribution in [0.15, 0.2) is 36.4 Å². The predicted molar refractivity (Wildman–Crippen MR) is 142 cm³/mol. The SMILES string of the molecule is CCOc1cccc(-c2ccc(NC(=O)[C@H]3CCCCC3C=O)cc2CCC2CC2)c1C.COC. The highest BCUT2D eigenvalue weighted by atomic mass is 16.5. The molecule has 35 heavy (non-hydrogen) atoms. The van der Waals surface area contributed by atoms with Gasteiger partial charge in [-0.15, -0.1) is 0 Å². The Morgan fingerprint density at radius 1 is 1.06 bits per heavy atom. The molecule has 2 aliphatic carbocycles. The molecule has 2 aliphatic rings. The molecule has 1 amide bonds. The van der Waals surface area contributed by atoms with Gasteiger partial charge < -0.3 is 19.6 Å². The lowest BCUT2D eigenvalue weighted by atomic mass is 9.79. The second-order valence-electron chi connectivity index (χ2n) is 9.80. The maximum atomic E-state index is 13.0. The lowest BCUT2D eigenvalue weighted by Gasteiger charge is -2.26. The number of carbonyl (C=O) groups excluding carboxylic acids is 2. The third kappa shape index (κ3) is 7.41. The monoisotopic (exact) mass is 479 g/mol. The number of anilines is 1. The van der Waals surface area contributed by atoms with Crippen molar-refractivity contribution < 1.29 is 19.1 Å². The van der Waals surface area contributed by atoms with Crippen molar-refractivity contribution in [2.24, 2.45) is 17.8 Å². The van der Waals surface area contributed by atoms with E-state index in [1.807, 2.05) is 19.1 Å². The minimum atomic E-state index is -0.207. The second-order valence-corrected chi connectivity index (χ2v) is 9.80. The summed E-state index contributed by atoms with van der Waals surface area (Å²) in [4.78, 5) is 24.4. The minimum Gasteiger partial charge on any atom is -0.494 e. The quantitative estimate of drug-likeness (QED) is 0.411. The van der Waals surface area contributed by atoms with E-state index in [1.165, 1.54) is 36.0 Å². The average Bonchev–Trinajstić information content (AvgIpc) is 3.70. The first-order chi connectivity index (χ1) is 17.0. The first-order valence-corrected chi connectivity index (χ1v) is 13.0. The highest BCUT2D eigenvalue weighted by Gasteiger charge is 2.30. The van der Waals surface area contributed by atoms with Crippen LogP contribution in [-0.4, -0.2) is 33.0 Å². The van der Waals surface area contributed by atoms with Crippen LogP contribution in [0.3, 0.4) is 0 Å². The summed E-state index contributed by atoms with van der Waals surface area (Å²) in [5, 5.41) is 3.12. The highest BCUT2D eigenvalue weighted by Crippen LogP contribution is 2.38. The number of rotatable bonds is 9. The van der Waals surface area contributed by atoms with Gasteiger partial charge in [0, 0.05) is 31.7 Å². The lowest BCUT2D eigenvalue weighted by molar-refractivity contribution is -0.126. The third-order valence-corrected chi connectivity index (χ3v) is 7.10. The van der Waals surface area contributed by atoms with Crippen LogP contribution in [0.4, 0.5) is 5.69 Å². The smallest absolute Gasteiger partial charge is 0.228 e. The van der Waals surface area contributed by atoms with Gasteiger partial charge in [0.05, 0.1) is 6.61 Å². The van der Waals surface area contributed by atoms with Gasteiger partial charge in [-0.1, -0.05) is 43.9 Å². The number of hydrogen-bond donors (Lipinski definition) is 1. The Bertz CT molecular complexity index is 982. The Kier molecular flexibility index (Phi) is 10.3. The van der Waals surface area contributed by atoms with E-state index < -0.39 is 0 Å². The van der Waals surface area contributed by atoms with Gasteiger partial charge >= 0.3 is 0 Å². The van der Waals surface area contributed by atoms with Crippen LogP contribution in [0.25, 0.3) is 11.1 Å². The Morgan fingerprint density at radius 3 is 2.49 bits per heavy atom. The van der Waals surface area contributed by atoms with Crippen molar-refractivity contribution in [2.45, 2.75) is 65.2 Å². The van der Waals surface area contributed by atoms with Crippen molar-refractivity contribution in [1.82, 2.24) is 0 Å². The zero-order valence-electron chi connectivity index (χ0n) is 21.8. The topological polar surface area (TPSA) is 64.6 Å². The maximum Gasteiger partial charge on any atom is 0.228 e. The van der Waals surface area contributed by atoms with Crippen LogP contribution in [0.2, 0.25) is 0 Å². The van der Waals surface area contributed by atoms with Crippen molar-refractivity contribution in [3.8, 4) is 16.9 Å². The fourth-order valence-corrected chi connectivity index (χ4v) is 5.01. The molecule has 5 nitrogen and oxygen atoms in total. The molecule has 0 spiro atoms. The van der Waals surface area contributed by atoms with E-state index in [9.17, 15) is 9.59 Å². The Hall–Kier alpha value is -2.66. The molecule has 190 valence electrons. The Labute approximate surface area is 210 Å². The molecule has 0 heterocycles. The molecule has 0 aliphatic heterocycles. The van der Waals surface area contributed by atoms with Gasteiger partial charge in [-0.3, -0.25) is 4.79 Å². The van der Waals surface area contributed by atoms with Crippen LogP contribution in [0.1, 0.15) is 63.0 Å². The van der Waals surface area contributed by atoms with E-state index in [0.29, 0.717) is 6.61 Å². The van der Waals surface area contributed by atoms with E-state index in [4.69, 9.17) is 4.74 Å². The van der Waals surface area contributed by atoms with Crippen molar-refractivity contribution >= 4 is 17.9 Å². The Balaban J connectivity index is 0.00000108. The number of carbonyl (C=O) groups is 2. The number of aldehydes is 1. The number of nitrogens with one attached hydrogen (secondary N) is 1. The van der Waals surface area contributed by atoms with E-state index in [2.05, 4.69) is 41.2 Å². The van der Waals surface area contributed by atoms with Gasteiger partial charge in [0.25, 0.3) is 0 Å². The molecule has 2 fully saturated rings. The van der Waals surface area contributed by atoms with Crippen molar-refractivity contribution in [3.63, 3.8) is 0 Å². The van der Waals surface area contributed by atoms with Gasteiger partial charge in [0.15, 0.2) is 0 Å². The molecule has 1 N–H and O–H groups in total. The Morgan fingerprint density at radius 2 is 1.80 bits per heavy atom. The predicted octanol–water partition coefficient (Wildman–Crippen LogP) is 6.61. The molecule has 2 aromatic carbocycles. The normalized spacial score (nSPS) is 19.3. The first-order valence-electron chi connectivity index (χ1n) is 13.0. The molecule has 2 aromatic rings. The van der Waals surface area contributed by atoms with Crippen LogP contribution in [0.5, 0.6) is 5.75 Å². The summed E-state index contributed by atoms with van der Waals surface area (Å²) < 4.78 is 10.1. The first kappa shape index (κ1) is 26.9. The molecule has 5 heteroatoms. The van der Waals surface area contributed by atoms with Gasteiger partial charge in [0.1, 0.15) is 12.0 Å². The molecule has 0 aromatic heterocycles. The summed E-state index contributed by atoms with van der Waals surface area (Å²) in [5.41, 5.74) is 5.65. The summed E-state index contributed by atoms with van der Waals surface area (Å²) in [6.45, 7) is 4.77. The fraction of sp³-hybridized carbons (Fsp3) is 0.533. The van der Waals surface area contributed by atoms with E-state index in [1.54, 1.807) is 14.2 Å². The molecule has 2 saturated carbocycles. The van der Waals surface area contributed by atoms with Crippen LogP contribution < -0.4 is 10.1 Å². The van der Waals surface area contributed by atoms with Crippen molar-refractivity contribution in [3.05, 3.63) is 47.5 Å². The highest BCUT2D eigenvalue weighted by molar-refractivity contribution is 5.94. The second kappa shape index (κ2) is 13.4. The molecule has 0 radical (unpaired) electrons. The molecule has 1 unspecified atom stereocenters. The molecule has 2 atom stereocenters. The van der Waals surface area contributed by atoms with Crippen molar-refractivity contribution in [1.29, 1.82) is 0 Å². The number of amides is 1. The summed E-state index contributed by atoms with van der Waals surface area (Å²) in [6.07, 6.45) is 9.50. The van der Waals surface area contributed by atoms with Crippen LogP contribution in [-0.2, 0) is 20.7 Å². The van der Waals surface area contributed by atoms with E-state index >= 15 is 0 Å². The fourth-order valence-electron chi connectivity index (χ4n) is 5.01. The maximum absolute atomic E-state index is 13.0. The molecular formula is C30H41NO4. The van der Waals surface area contributed by atoms with Gasteiger partial charge in [-0.25, -0.2) is 0 Å². The summed E-state index contributed by atoms with van der Waals surface area (Å²) in [6, 6.07) is 12.5. The number of ether oxygens (including phenoxy) is 2. The van der Waals surface area contributed by atoms with Gasteiger partial charge in [-0.2, -0.15) is 0 Å². The number of methoxy groups -OCH3 is 1. The summed E-state index contributed by atoms with van der Waals surface area (Å²) in [5.74, 6) is 1.39. The largest absolute Gasteiger partial charge is 0.494 e. The molecule has 4 rings (SSSR count). The molecular weight excluding hydrogens is 438 g/mol. The zero-order chi connectivity index (χ0) is 25.2. The van der Waals surface area contributed by atoms with Gasteiger partial charge in [-0.05, 0) is 85.9 Å². The van der Waals surface area contributed by atoms with E-state index in [-0.39, 0.29) is 17.7 Å². The number of benzene rings is 2.